The molecule has 1 N–H and O–H groups in total. The van der Waals surface area contributed by atoms with E-state index in [4.69, 9.17) is 4.52 Å². The number of aliphatic imine (C=N–C) groups is 1. The molecule has 4 aliphatic rings. The summed E-state index contributed by atoms with van der Waals surface area (Å²) in [6, 6.07) is 8.84. The molecular weight excluding hydrogens is 598 g/mol. The van der Waals surface area contributed by atoms with Gasteiger partial charge in [0.15, 0.2) is 5.78 Å². The van der Waals surface area contributed by atoms with E-state index in [1.165, 1.54) is 46.4 Å². The van der Waals surface area contributed by atoms with Crippen molar-refractivity contribution in [3.8, 4) is 0 Å². The Morgan fingerprint density at radius 2 is 1.48 bits per heavy atom. The van der Waals surface area contributed by atoms with Crippen LogP contribution in [0.2, 0.25) is 0 Å². The van der Waals surface area contributed by atoms with E-state index in [0.29, 0.717) is 43.1 Å². The maximum absolute atomic E-state index is 11.2. The third kappa shape index (κ3) is 11.2. The molecule has 0 bridgehead atoms. The monoisotopic (exact) mass is 657 g/mol. The second-order valence-corrected chi connectivity index (χ2v) is 14.9. The van der Waals surface area contributed by atoms with E-state index < -0.39 is 0 Å². The molecule has 0 spiro atoms. The quantitative estimate of drug-likeness (QED) is 0.298. The fourth-order valence-electron chi connectivity index (χ4n) is 6.51. The molecule has 2 fully saturated rings. The van der Waals surface area contributed by atoms with Gasteiger partial charge in [-0.05, 0) is 79.9 Å². The number of carbonyl (C=O) groups is 3. The van der Waals surface area contributed by atoms with E-state index in [9.17, 15) is 14.4 Å². The number of hydrogen-bond donors (Lipinski definition) is 1. The van der Waals surface area contributed by atoms with Gasteiger partial charge in [-0.3, -0.25) is 19.4 Å². The summed E-state index contributed by atoms with van der Waals surface area (Å²) in [4.78, 5) is 37.9. The highest BCUT2D eigenvalue weighted by molar-refractivity contribution is 6.04. The molecule has 0 saturated heterocycles. The van der Waals surface area contributed by atoms with Gasteiger partial charge >= 0.3 is 0 Å². The van der Waals surface area contributed by atoms with Gasteiger partial charge in [0.1, 0.15) is 17.3 Å². The lowest BCUT2D eigenvalue weighted by atomic mass is 9.80. The number of nitrogens with zero attached hydrogens (tertiary/aromatic N) is 2. The maximum atomic E-state index is 11.2. The number of nitrogens with one attached hydrogen (secondary N) is 1. The minimum absolute atomic E-state index is 0.149. The summed E-state index contributed by atoms with van der Waals surface area (Å²) in [6.07, 6.45) is 9.27. The number of rotatable bonds is 7. The van der Waals surface area contributed by atoms with Crippen LogP contribution in [0, 0.1) is 30.6 Å². The lowest BCUT2D eigenvalue weighted by molar-refractivity contribution is -0.137. The van der Waals surface area contributed by atoms with E-state index in [1.807, 2.05) is 40.1 Å². The predicted molar refractivity (Wildman–Crippen MR) is 195 cm³/mol. The number of aryl methyl sites for hydroxylation is 1. The number of aromatic nitrogens is 1. The highest BCUT2D eigenvalue weighted by Crippen LogP contribution is 2.43. The first-order valence-electron chi connectivity index (χ1n) is 18.0. The van der Waals surface area contributed by atoms with Gasteiger partial charge in [-0.15, -0.1) is 0 Å². The van der Waals surface area contributed by atoms with E-state index in [-0.39, 0.29) is 29.2 Å². The van der Waals surface area contributed by atoms with Gasteiger partial charge in [0.2, 0.25) is 0 Å². The molecule has 0 unspecified atom stereocenters. The molecular formula is C41H59N3O4. The second kappa shape index (κ2) is 18.2. The van der Waals surface area contributed by atoms with Crippen molar-refractivity contribution in [2.75, 3.05) is 13.1 Å². The summed E-state index contributed by atoms with van der Waals surface area (Å²) in [5.41, 5.74) is 9.16. The van der Waals surface area contributed by atoms with Crippen LogP contribution >= 0.6 is 0 Å². The Morgan fingerprint density at radius 3 is 1.92 bits per heavy atom. The van der Waals surface area contributed by atoms with E-state index >= 15 is 0 Å². The second-order valence-electron chi connectivity index (χ2n) is 14.9. The van der Waals surface area contributed by atoms with Gasteiger partial charge in [-0.25, -0.2) is 0 Å². The van der Waals surface area contributed by atoms with Crippen molar-refractivity contribution in [3.05, 3.63) is 75.8 Å². The van der Waals surface area contributed by atoms with Gasteiger partial charge in [0.25, 0.3) is 0 Å². The van der Waals surface area contributed by atoms with Crippen molar-refractivity contribution >= 4 is 23.1 Å². The molecule has 7 heteroatoms. The summed E-state index contributed by atoms with van der Waals surface area (Å²) in [5.74, 6) is 3.78. The predicted octanol–water partition coefficient (Wildman–Crippen LogP) is 8.92. The Labute approximate surface area is 289 Å². The number of carbonyl (C=O) groups excluding carboxylic acids is 3. The average Bonchev–Trinajstić information content (AvgIpc) is 3.38. The fraction of sp³-hybridized carbons (Fsp3) is 0.585. The normalized spacial score (nSPS) is 17.9. The van der Waals surface area contributed by atoms with Crippen LogP contribution in [0.1, 0.15) is 129 Å². The molecule has 3 heterocycles. The summed E-state index contributed by atoms with van der Waals surface area (Å²) >= 11 is 0. The number of allylic oxidation sites excluding steroid dienone is 1. The highest BCUT2D eigenvalue weighted by Gasteiger charge is 2.32. The molecule has 6 rings (SSSR count). The lowest BCUT2D eigenvalue weighted by Crippen LogP contribution is -2.32. The van der Waals surface area contributed by atoms with Crippen molar-refractivity contribution in [2.45, 2.75) is 120 Å². The highest BCUT2D eigenvalue weighted by atomic mass is 16.5. The van der Waals surface area contributed by atoms with E-state index in [1.54, 1.807) is 0 Å². The molecule has 2 saturated carbocycles. The lowest BCUT2D eigenvalue weighted by Gasteiger charge is -2.22. The minimum atomic E-state index is -0.288. The molecule has 2 aliphatic carbocycles. The molecule has 1 aromatic heterocycles. The molecule has 48 heavy (non-hydrogen) atoms. The van der Waals surface area contributed by atoms with Crippen molar-refractivity contribution in [1.29, 1.82) is 0 Å². The smallest absolute Gasteiger partial charge is 0.179 e. The van der Waals surface area contributed by atoms with Crippen molar-refractivity contribution in [2.24, 2.45) is 28.7 Å². The van der Waals surface area contributed by atoms with Crippen molar-refractivity contribution < 1.29 is 18.9 Å². The van der Waals surface area contributed by atoms with Crippen LogP contribution in [0.3, 0.4) is 0 Å². The first kappa shape index (κ1) is 38.8. The first-order chi connectivity index (χ1) is 22.7. The Morgan fingerprint density at radius 1 is 0.854 bits per heavy atom. The molecule has 7 nitrogen and oxygen atoms in total. The molecule has 0 amide bonds. The van der Waals surface area contributed by atoms with Gasteiger partial charge in [0.05, 0.1) is 25.2 Å². The Balaban J connectivity index is 0.000000179. The first-order valence-corrected chi connectivity index (χ1v) is 18.0. The zero-order chi connectivity index (χ0) is 35.5. The Bertz CT molecular complexity index is 1450. The van der Waals surface area contributed by atoms with Crippen LogP contribution in [0.15, 0.2) is 62.9 Å². The van der Waals surface area contributed by atoms with Crippen LogP contribution < -0.4 is 5.32 Å². The number of benzene rings is 1. The van der Waals surface area contributed by atoms with Crippen LogP contribution in [0.5, 0.6) is 0 Å². The third-order valence-corrected chi connectivity index (χ3v) is 9.26. The van der Waals surface area contributed by atoms with Gasteiger partial charge in [-0.1, -0.05) is 90.4 Å². The molecule has 2 aliphatic heterocycles. The van der Waals surface area contributed by atoms with Crippen molar-refractivity contribution in [3.63, 3.8) is 0 Å². The molecule has 1 aromatic carbocycles. The maximum Gasteiger partial charge on any atom is 0.179 e. The summed E-state index contributed by atoms with van der Waals surface area (Å²) in [7, 11) is 0. The topological polar surface area (TPSA) is 102 Å². The SMILES string of the molecule is CC(C)C1=CNCC1=O.CC(C)C1C(=O)CCCC1=O.CC(C)c1cnoc1C1CC1.CC1=NCC(Cc2ccc(C)cc2)=C1C(C)C. The zero-order valence-corrected chi connectivity index (χ0v) is 31.1. The summed E-state index contributed by atoms with van der Waals surface area (Å²) in [5, 5.41) is 6.72. The van der Waals surface area contributed by atoms with Crippen molar-refractivity contribution in [1.82, 2.24) is 10.5 Å². The van der Waals surface area contributed by atoms with Gasteiger partial charge in [0, 0.05) is 41.8 Å². The standard InChI is InChI=1S/C16H21N.C9H13NO.C9H14O2.C7H11NO/c1-11(2)16-13(4)17-10-15(16)9-14-7-5-12(3)6-8-14;1-6(2)8-5-10-11-9(8)7-3-4-7;1-6(2)9-7(10)4-3-5-8(9)11;1-5(2)6-3-8-4-7(6)9/h5-8,11H,9-10H2,1-4H3;5-7H,3-4H2,1-2H3;6,9H,3-5H2,1-2H3;3,5,8H,4H2,1-2H3. The molecule has 262 valence electrons. The molecule has 2 aromatic rings. The largest absolute Gasteiger partial charge is 0.383 e. The van der Waals surface area contributed by atoms with E-state index in [0.717, 1.165) is 30.7 Å². The number of hydrogen-bond acceptors (Lipinski definition) is 7. The van der Waals surface area contributed by atoms with Crippen LogP contribution in [0.4, 0.5) is 0 Å². The van der Waals surface area contributed by atoms with Crippen LogP contribution in [-0.4, -0.2) is 41.3 Å². The van der Waals surface area contributed by atoms with E-state index in [2.05, 4.69) is 81.3 Å². The van der Waals surface area contributed by atoms with Gasteiger partial charge in [-0.2, -0.15) is 0 Å². The van der Waals surface area contributed by atoms with Gasteiger partial charge < -0.3 is 9.84 Å². The number of ketones is 3. The average molecular weight is 658 g/mol. The Kier molecular flexibility index (Phi) is 14.8. The minimum Gasteiger partial charge on any atom is -0.383 e. The Hall–Kier alpha value is -3.61. The van der Waals surface area contributed by atoms with Crippen LogP contribution in [-0.2, 0) is 20.8 Å². The summed E-state index contributed by atoms with van der Waals surface area (Å²) < 4.78 is 5.20. The number of Topliss-reactive ketones (excluding diaryl/α,β-unsaturated/α-hetero) is 3. The molecule has 0 radical (unpaired) electrons. The zero-order valence-electron chi connectivity index (χ0n) is 31.1. The summed E-state index contributed by atoms with van der Waals surface area (Å²) in [6.45, 7) is 22.5. The third-order valence-electron chi connectivity index (χ3n) is 9.26. The molecule has 0 atom stereocenters. The van der Waals surface area contributed by atoms with Crippen LogP contribution in [0.25, 0.3) is 0 Å². The fourth-order valence-corrected chi connectivity index (χ4v) is 6.51.